The standard InChI is InChI=1S/C14H12N2O3S/c1-18-10-4-3-8(5-11(10)19-2)9-6-20-14-12(9)13(17)15-7-16-14/h3-7,12H,1-2H3. The Balaban J connectivity index is 2.00. The Kier molecular flexibility index (Phi) is 3.31. The van der Waals surface area contributed by atoms with Crippen molar-refractivity contribution in [2.24, 2.45) is 15.9 Å². The van der Waals surface area contributed by atoms with Crippen LogP contribution in [0.15, 0.2) is 33.6 Å². The number of hydrogen-bond acceptors (Lipinski definition) is 5. The van der Waals surface area contributed by atoms with Gasteiger partial charge in [-0.25, -0.2) is 9.98 Å². The van der Waals surface area contributed by atoms with Gasteiger partial charge < -0.3 is 9.47 Å². The Bertz CT molecular complexity index is 664. The fourth-order valence-corrected chi connectivity index (χ4v) is 3.20. The molecule has 0 bridgehead atoms. The van der Waals surface area contributed by atoms with Crippen molar-refractivity contribution in [2.75, 3.05) is 14.2 Å². The molecule has 0 aromatic heterocycles. The van der Waals surface area contributed by atoms with Crippen molar-refractivity contribution in [2.45, 2.75) is 0 Å². The molecule has 1 aromatic rings. The number of carbonyl (C=O) groups excluding carboxylic acids is 1. The molecule has 3 rings (SSSR count). The third-order valence-electron chi connectivity index (χ3n) is 3.20. The van der Waals surface area contributed by atoms with Crippen molar-refractivity contribution in [1.29, 1.82) is 0 Å². The van der Waals surface area contributed by atoms with Crippen LogP contribution in [-0.4, -0.2) is 31.5 Å². The first-order valence-electron chi connectivity index (χ1n) is 5.98. The lowest BCUT2D eigenvalue weighted by molar-refractivity contribution is -0.118. The summed E-state index contributed by atoms with van der Waals surface area (Å²) in [7, 11) is 3.18. The summed E-state index contributed by atoms with van der Waals surface area (Å²) in [5, 5.41) is 2.71. The summed E-state index contributed by atoms with van der Waals surface area (Å²) >= 11 is 1.46. The largest absolute Gasteiger partial charge is 0.493 e. The van der Waals surface area contributed by atoms with Crippen LogP contribution < -0.4 is 9.47 Å². The number of ether oxygens (including phenoxy) is 2. The van der Waals surface area contributed by atoms with E-state index in [2.05, 4.69) is 9.98 Å². The third kappa shape index (κ3) is 2.02. The maximum Gasteiger partial charge on any atom is 0.261 e. The van der Waals surface area contributed by atoms with Crippen LogP contribution in [0.25, 0.3) is 5.57 Å². The molecule has 0 spiro atoms. The molecule has 0 N–H and O–H groups in total. The fourth-order valence-electron chi connectivity index (χ4n) is 2.20. The molecule has 0 saturated carbocycles. The first kappa shape index (κ1) is 12.9. The minimum Gasteiger partial charge on any atom is -0.493 e. The lowest BCUT2D eigenvalue weighted by Crippen LogP contribution is -2.21. The SMILES string of the molecule is COc1ccc(C2=CSC3=NC=NC(=O)C23)cc1OC. The van der Waals surface area contributed by atoms with Crippen LogP contribution in [0.1, 0.15) is 5.56 Å². The minimum absolute atomic E-state index is 0.180. The molecule has 0 fully saturated rings. The fraction of sp³-hybridized carbons (Fsp3) is 0.214. The summed E-state index contributed by atoms with van der Waals surface area (Å²) in [6, 6.07) is 5.59. The summed E-state index contributed by atoms with van der Waals surface area (Å²) in [4.78, 5) is 19.9. The van der Waals surface area contributed by atoms with Gasteiger partial charge in [0, 0.05) is 0 Å². The zero-order valence-corrected chi connectivity index (χ0v) is 11.8. The molecule has 2 aliphatic heterocycles. The summed E-state index contributed by atoms with van der Waals surface area (Å²) in [5.74, 6) is 0.724. The van der Waals surface area contributed by atoms with Gasteiger partial charge in [0.15, 0.2) is 11.5 Å². The highest BCUT2D eigenvalue weighted by atomic mass is 32.2. The lowest BCUT2D eigenvalue weighted by atomic mass is 9.93. The van der Waals surface area contributed by atoms with Crippen molar-refractivity contribution in [3.8, 4) is 11.5 Å². The normalized spacial score (nSPS) is 20.3. The van der Waals surface area contributed by atoms with E-state index >= 15 is 0 Å². The Hall–Kier alpha value is -2.08. The van der Waals surface area contributed by atoms with Crippen LogP contribution in [0.2, 0.25) is 0 Å². The van der Waals surface area contributed by atoms with E-state index < -0.39 is 0 Å². The first-order chi connectivity index (χ1) is 9.74. The second-order valence-electron chi connectivity index (χ2n) is 4.24. The second-order valence-corrected chi connectivity index (χ2v) is 5.13. The van der Waals surface area contributed by atoms with Crippen molar-refractivity contribution in [3.63, 3.8) is 0 Å². The number of nitrogens with zero attached hydrogens (tertiary/aromatic N) is 2. The third-order valence-corrected chi connectivity index (χ3v) is 4.15. The molecule has 2 aliphatic rings. The molecule has 5 nitrogen and oxygen atoms in total. The van der Waals surface area contributed by atoms with E-state index in [1.807, 2.05) is 23.6 Å². The highest BCUT2D eigenvalue weighted by Crippen LogP contribution is 2.41. The Morgan fingerprint density at radius 3 is 2.75 bits per heavy atom. The van der Waals surface area contributed by atoms with Gasteiger partial charge in [0.25, 0.3) is 5.91 Å². The summed E-state index contributed by atoms with van der Waals surface area (Å²) < 4.78 is 10.5. The molecule has 6 heteroatoms. The van der Waals surface area contributed by atoms with Gasteiger partial charge in [0.1, 0.15) is 12.3 Å². The van der Waals surface area contributed by atoms with Crippen LogP contribution >= 0.6 is 11.8 Å². The number of amides is 1. The van der Waals surface area contributed by atoms with Crippen LogP contribution in [-0.2, 0) is 4.79 Å². The average Bonchev–Trinajstić information content (AvgIpc) is 2.92. The Morgan fingerprint density at radius 1 is 1.20 bits per heavy atom. The number of fused-ring (bicyclic) bond motifs is 1. The molecule has 1 unspecified atom stereocenters. The van der Waals surface area contributed by atoms with Crippen molar-refractivity contribution in [3.05, 3.63) is 29.2 Å². The van der Waals surface area contributed by atoms with E-state index in [4.69, 9.17) is 9.47 Å². The number of methoxy groups -OCH3 is 2. The molecule has 20 heavy (non-hydrogen) atoms. The predicted molar refractivity (Wildman–Crippen MR) is 79.5 cm³/mol. The zero-order valence-electron chi connectivity index (χ0n) is 11.0. The van der Waals surface area contributed by atoms with Gasteiger partial charge in [0.2, 0.25) is 0 Å². The van der Waals surface area contributed by atoms with Gasteiger partial charge in [-0.1, -0.05) is 17.8 Å². The number of thioether (sulfide) groups is 1. The average molecular weight is 288 g/mol. The van der Waals surface area contributed by atoms with Crippen LogP contribution in [0.5, 0.6) is 11.5 Å². The van der Waals surface area contributed by atoms with E-state index in [-0.39, 0.29) is 11.8 Å². The Morgan fingerprint density at radius 2 is 2.00 bits per heavy atom. The van der Waals surface area contributed by atoms with Crippen LogP contribution in [0.3, 0.4) is 0 Å². The molecule has 2 heterocycles. The van der Waals surface area contributed by atoms with Gasteiger partial charge in [-0.3, -0.25) is 4.79 Å². The number of rotatable bonds is 3. The maximum atomic E-state index is 11.9. The zero-order chi connectivity index (χ0) is 14.1. The molecule has 1 amide bonds. The predicted octanol–water partition coefficient (Wildman–Crippen LogP) is 2.37. The van der Waals surface area contributed by atoms with Crippen molar-refractivity contribution < 1.29 is 14.3 Å². The number of aliphatic imine (C=N–C) groups is 2. The van der Waals surface area contributed by atoms with Gasteiger partial charge >= 0.3 is 0 Å². The van der Waals surface area contributed by atoms with E-state index in [1.165, 1.54) is 18.1 Å². The van der Waals surface area contributed by atoms with Crippen LogP contribution in [0, 0.1) is 5.92 Å². The lowest BCUT2D eigenvalue weighted by Gasteiger charge is -2.15. The van der Waals surface area contributed by atoms with E-state index in [1.54, 1.807) is 14.2 Å². The quantitative estimate of drug-likeness (QED) is 0.856. The second kappa shape index (κ2) is 5.13. The summed E-state index contributed by atoms with van der Waals surface area (Å²) in [6.45, 7) is 0. The van der Waals surface area contributed by atoms with E-state index in [0.29, 0.717) is 11.5 Å². The highest BCUT2D eigenvalue weighted by Gasteiger charge is 2.35. The monoisotopic (exact) mass is 288 g/mol. The number of benzene rings is 1. The minimum atomic E-state index is -0.386. The highest BCUT2D eigenvalue weighted by molar-refractivity contribution is 8.17. The molecular weight excluding hydrogens is 276 g/mol. The van der Waals surface area contributed by atoms with Crippen LogP contribution in [0.4, 0.5) is 0 Å². The smallest absolute Gasteiger partial charge is 0.261 e. The van der Waals surface area contributed by atoms with Gasteiger partial charge in [-0.2, -0.15) is 0 Å². The summed E-state index contributed by atoms with van der Waals surface area (Å²) in [5.41, 5.74) is 1.81. The first-order valence-corrected chi connectivity index (χ1v) is 6.85. The van der Waals surface area contributed by atoms with Crippen molar-refractivity contribution >= 4 is 34.6 Å². The van der Waals surface area contributed by atoms with Crippen molar-refractivity contribution in [1.82, 2.24) is 0 Å². The van der Waals surface area contributed by atoms with E-state index in [0.717, 1.165) is 16.2 Å². The maximum absolute atomic E-state index is 11.9. The molecule has 1 aromatic carbocycles. The van der Waals surface area contributed by atoms with E-state index in [9.17, 15) is 4.79 Å². The molecule has 0 aliphatic carbocycles. The van der Waals surface area contributed by atoms with Gasteiger partial charge in [-0.05, 0) is 28.7 Å². The molecule has 0 radical (unpaired) electrons. The summed E-state index contributed by atoms with van der Waals surface area (Å²) in [6.07, 6.45) is 1.31. The number of carbonyl (C=O) groups is 1. The molecule has 1 atom stereocenters. The Labute approximate surface area is 120 Å². The number of hydrogen-bond donors (Lipinski definition) is 0. The topological polar surface area (TPSA) is 60.2 Å². The van der Waals surface area contributed by atoms with Gasteiger partial charge in [-0.15, -0.1) is 0 Å². The molecule has 102 valence electrons. The molecular formula is C14H12N2O3S. The van der Waals surface area contributed by atoms with Gasteiger partial charge in [0.05, 0.1) is 19.3 Å². The molecule has 0 saturated heterocycles.